The molecule has 0 spiro atoms. The Hall–Kier alpha value is -3.40. The summed E-state index contributed by atoms with van der Waals surface area (Å²) in [6, 6.07) is 12.7. The quantitative estimate of drug-likeness (QED) is 0.309. The maximum Gasteiger partial charge on any atom is 0.284 e. The minimum atomic E-state index is -0.493. The predicted octanol–water partition coefficient (Wildman–Crippen LogP) is 3.30. The van der Waals surface area contributed by atoms with Crippen molar-refractivity contribution in [2.45, 2.75) is 22.9 Å². The van der Waals surface area contributed by atoms with E-state index in [1.54, 1.807) is 23.7 Å². The Morgan fingerprint density at radius 1 is 1.23 bits per heavy atom. The second kappa shape index (κ2) is 10.1. The zero-order chi connectivity index (χ0) is 22.4. The van der Waals surface area contributed by atoms with Crippen molar-refractivity contribution < 1.29 is 9.72 Å². The van der Waals surface area contributed by atoms with Crippen molar-refractivity contribution in [3.05, 3.63) is 70.0 Å². The highest BCUT2D eigenvalue weighted by molar-refractivity contribution is 7.99. The van der Waals surface area contributed by atoms with Crippen LogP contribution in [0.3, 0.4) is 0 Å². The number of hydrogen-bond acceptors (Lipinski definition) is 7. The zero-order valence-electron chi connectivity index (χ0n) is 17.6. The molecule has 0 fully saturated rings. The zero-order valence-corrected chi connectivity index (χ0v) is 18.4. The number of nitro groups is 1. The van der Waals surface area contributed by atoms with Crippen LogP contribution in [0.2, 0.25) is 0 Å². The third kappa shape index (κ3) is 5.82. The van der Waals surface area contributed by atoms with E-state index in [-0.39, 0.29) is 17.2 Å². The van der Waals surface area contributed by atoms with Crippen molar-refractivity contribution in [2.75, 3.05) is 25.5 Å². The van der Waals surface area contributed by atoms with Gasteiger partial charge in [0.05, 0.1) is 9.82 Å². The van der Waals surface area contributed by atoms with Gasteiger partial charge in [-0.05, 0) is 54.4 Å². The Kier molecular flexibility index (Phi) is 7.24. The van der Waals surface area contributed by atoms with E-state index in [2.05, 4.69) is 39.8 Å². The number of aromatic nitrogens is 3. The number of nitrogens with zero attached hydrogens (tertiary/aromatic N) is 5. The number of benzene rings is 2. The van der Waals surface area contributed by atoms with Gasteiger partial charge in [0, 0.05) is 45.0 Å². The molecule has 1 aromatic heterocycles. The van der Waals surface area contributed by atoms with Crippen LogP contribution in [0.4, 0.5) is 11.4 Å². The number of hydrogen-bond donors (Lipinski definition) is 1. The van der Waals surface area contributed by atoms with Gasteiger partial charge >= 0.3 is 0 Å². The van der Waals surface area contributed by atoms with Crippen molar-refractivity contribution >= 4 is 29.0 Å². The maximum absolute atomic E-state index is 12.5. The van der Waals surface area contributed by atoms with E-state index in [0.29, 0.717) is 16.6 Å². The average Bonchev–Trinajstić information content (AvgIpc) is 3.15. The Balaban J connectivity index is 1.57. The molecule has 9 nitrogen and oxygen atoms in total. The molecule has 1 N–H and O–H groups in total. The third-order valence-corrected chi connectivity index (χ3v) is 5.79. The minimum Gasteiger partial charge on any atom is -0.378 e. The third-order valence-electron chi connectivity index (χ3n) is 4.67. The van der Waals surface area contributed by atoms with E-state index in [4.69, 9.17) is 0 Å². The number of amides is 1. The molecule has 0 aliphatic heterocycles. The maximum atomic E-state index is 12.5. The van der Waals surface area contributed by atoms with Crippen molar-refractivity contribution in [3.63, 3.8) is 0 Å². The van der Waals surface area contributed by atoms with E-state index in [0.717, 1.165) is 30.3 Å². The van der Waals surface area contributed by atoms with Gasteiger partial charge in [0.15, 0.2) is 5.16 Å². The second-order valence-corrected chi connectivity index (χ2v) is 8.20. The van der Waals surface area contributed by atoms with Crippen LogP contribution in [0.5, 0.6) is 0 Å². The lowest BCUT2D eigenvalue weighted by molar-refractivity contribution is -0.387. The molecule has 1 amide bonds. The molecule has 0 saturated carbocycles. The summed E-state index contributed by atoms with van der Waals surface area (Å²) >= 11 is 1.13. The van der Waals surface area contributed by atoms with E-state index in [1.807, 2.05) is 19.0 Å². The smallest absolute Gasteiger partial charge is 0.284 e. The molecule has 0 bridgehead atoms. The van der Waals surface area contributed by atoms with Crippen molar-refractivity contribution in [1.82, 2.24) is 20.1 Å². The number of aryl methyl sites for hydroxylation is 2. The molecular formula is C21H24N6O3S. The molecule has 162 valence electrons. The van der Waals surface area contributed by atoms with Gasteiger partial charge in [-0.1, -0.05) is 12.1 Å². The number of rotatable bonds is 9. The fourth-order valence-electron chi connectivity index (χ4n) is 2.91. The fraction of sp³-hybridized carbons (Fsp3) is 0.286. The van der Waals surface area contributed by atoms with Crippen molar-refractivity contribution in [2.24, 2.45) is 7.05 Å². The molecule has 31 heavy (non-hydrogen) atoms. The number of carbonyl (C=O) groups excluding carboxylic acids is 1. The lowest BCUT2D eigenvalue weighted by Crippen LogP contribution is -2.24. The molecule has 0 aliphatic rings. The van der Waals surface area contributed by atoms with Gasteiger partial charge in [-0.2, -0.15) is 0 Å². The van der Waals surface area contributed by atoms with Gasteiger partial charge in [-0.15, -0.1) is 10.2 Å². The summed E-state index contributed by atoms with van der Waals surface area (Å²) in [5.41, 5.74) is 2.45. The van der Waals surface area contributed by atoms with Crippen LogP contribution < -0.4 is 10.2 Å². The number of anilines is 1. The van der Waals surface area contributed by atoms with E-state index in [1.165, 1.54) is 18.0 Å². The first-order chi connectivity index (χ1) is 14.8. The molecule has 0 saturated heterocycles. The first-order valence-electron chi connectivity index (χ1n) is 9.70. The topological polar surface area (TPSA) is 106 Å². The molecule has 3 rings (SSSR count). The van der Waals surface area contributed by atoms with Crippen molar-refractivity contribution in [1.29, 1.82) is 0 Å². The Morgan fingerprint density at radius 2 is 1.97 bits per heavy atom. The van der Waals surface area contributed by atoms with Gasteiger partial charge in [0.2, 0.25) is 0 Å². The summed E-state index contributed by atoms with van der Waals surface area (Å²) in [5, 5.41) is 22.6. The predicted molar refractivity (Wildman–Crippen MR) is 120 cm³/mol. The summed E-state index contributed by atoms with van der Waals surface area (Å²) in [6.07, 6.45) is 3.13. The lowest BCUT2D eigenvalue weighted by Gasteiger charge is -2.12. The van der Waals surface area contributed by atoms with Crippen molar-refractivity contribution in [3.8, 4) is 0 Å². The molecular weight excluding hydrogens is 416 g/mol. The van der Waals surface area contributed by atoms with Gasteiger partial charge in [0.25, 0.3) is 11.6 Å². The Morgan fingerprint density at radius 3 is 2.58 bits per heavy atom. The number of carbonyl (C=O) groups is 1. The molecule has 0 radical (unpaired) electrons. The highest BCUT2D eigenvalue weighted by Crippen LogP contribution is 2.34. The standard InChI is InChI=1S/C21H24N6O3S/c1-25(2)17-9-6-15(7-10-17)5-4-12-22-20(28)16-8-11-19(18(13-16)27(29)30)31-21-24-23-14-26(21)3/h6-11,13-14H,4-5,12H2,1-3H3,(H,22,28). The first-order valence-corrected chi connectivity index (χ1v) is 10.5. The molecule has 2 aromatic carbocycles. The molecule has 1 heterocycles. The normalized spacial score (nSPS) is 10.7. The first kappa shape index (κ1) is 22.3. The molecule has 0 unspecified atom stereocenters. The lowest BCUT2D eigenvalue weighted by atomic mass is 10.1. The molecule has 0 atom stereocenters. The monoisotopic (exact) mass is 440 g/mol. The van der Waals surface area contributed by atoms with Gasteiger partial charge < -0.3 is 14.8 Å². The van der Waals surface area contributed by atoms with E-state index in [9.17, 15) is 14.9 Å². The molecule has 0 aliphatic carbocycles. The SMILES string of the molecule is CN(C)c1ccc(CCCNC(=O)c2ccc(Sc3nncn3C)c([N+](=O)[O-])c2)cc1. The van der Waals surface area contributed by atoms with Crippen LogP contribution in [0.25, 0.3) is 0 Å². The number of nitrogens with one attached hydrogen (secondary N) is 1. The Labute approximate surface area is 184 Å². The summed E-state index contributed by atoms with van der Waals surface area (Å²) in [5.74, 6) is -0.332. The van der Waals surface area contributed by atoms with Crippen LogP contribution in [0.15, 0.2) is 58.8 Å². The summed E-state index contributed by atoms with van der Waals surface area (Å²) in [4.78, 5) is 25.9. The summed E-state index contributed by atoms with van der Waals surface area (Å²) < 4.78 is 1.67. The molecule has 10 heteroatoms. The highest BCUT2D eigenvalue weighted by atomic mass is 32.2. The summed E-state index contributed by atoms with van der Waals surface area (Å²) in [6.45, 7) is 0.484. The fourth-order valence-corrected chi connectivity index (χ4v) is 3.76. The average molecular weight is 441 g/mol. The largest absolute Gasteiger partial charge is 0.378 e. The highest BCUT2D eigenvalue weighted by Gasteiger charge is 2.20. The van der Waals surface area contributed by atoms with Crippen LogP contribution in [0.1, 0.15) is 22.3 Å². The van der Waals surface area contributed by atoms with Crippen LogP contribution in [-0.2, 0) is 13.5 Å². The van der Waals surface area contributed by atoms with Crippen LogP contribution in [0, 0.1) is 10.1 Å². The van der Waals surface area contributed by atoms with Crippen LogP contribution in [-0.4, -0.2) is 46.2 Å². The number of nitro benzene ring substituents is 1. The second-order valence-electron chi connectivity index (χ2n) is 7.19. The van der Waals surface area contributed by atoms with E-state index >= 15 is 0 Å². The molecule has 3 aromatic rings. The van der Waals surface area contributed by atoms with E-state index < -0.39 is 4.92 Å². The van der Waals surface area contributed by atoms with Gasteiger partial charge in [-0.3, -0.25) is 14.9 Å². The minimum absolute atomic E-state index is 0.137. The summed E-state index contributed by atoms with van der Waals surface area (Å²) in [7, 11) is 5.75. The Bertz CT molecular complexity index is 1070. The van der Waals surface area contributed by atoms with Gasteiger partial charge in [0.1, 0.15) is 6.33 Å². The van der Waals surface area contributed by atoms with Crippen LogP contribution >= 0.6 is 11.8 Å². The van der Waals surface area contributed by atoms with Gasteiger partial charge in [-0.25, -0.2) is 0 Å².